The minimum absolute atomic E-state index is 0.171. The average Bonchev–Trinajstić information content (AvgIpc) is 2.34. The number of benzene rings is 2. The van der Waals surface area contributed by atoms with Gasteiger partial charge in [0.15, 0.2) is 0 Å². The van der Waals surface area contributed by atoms with Gasteiger partial charge in [0.1, 0.15) is 5.82 Å². The molecule has 2 rings (SSSR count). The first kappa shape index (κ1) is 13.8. The molecule has 0 bridgehead atoms. The molecule has 0 fully saturated rings. The van der Waals surface area contributed by atoms with E-state index in [0.29, 0.717) is 12.1 Å². The van der Waals surface area contributed by atoms with E-state index in [1.54, 1.807) is 6.07 Å². The normalized spacial score (nSPS) is 10.4. The lowest BCUT2D eigenvalue weighted by molar-refractivity contribution is 0.612. The van der Waals surface area contributed by atoms with Crippen LogP contribution >= 0.6 is 38.5 Å². The van der Waals surface area contributed by atoms with Gasteiger partial charge >= 0.3 is 0 Å². The van der Waals surface area contributed by atoms with Crippen LogP contribution in [0.15, 0.2) is 40.9 Å². The van der Waals surface area contributed by atoms with Crippen molar-refractivity contribution < 1.29 is 4.39 Å². The van der Waals surface area contributed by atoms with E-state index in [1.807, 2.05) is 31.2 Å². The van der Waals surface area contributed by atoms with E-state index in [9.17, 15) is 4.39 Å². The topological polar surface area (TPSA) is 12.0 Å². The van der Waals surface area contributed by atoms with Crippen LogP contribution in [0.5, 0.6) is 0 Å². The summed E-state index contributed by atoms with van der Waals surface area (Å²) in [4.78, 5) is 0. The molecule has 0 atom stereocenters. The van der Waals surface area contributed by atoms with Gasteiger partial charge in [0.05, 0.1) is 0 Å². The molecule has 0 saturated heterocycles. The highest BCUT2D eigenvalue weighted by atomic mass is 127. The van der Waals surface area contributed by atoms with E-state index in [0.717, 1.165) is 19.3 Å². The summed E-state index contributed by atoms with van der Waals surface area (Å²) >= 11 is 5.73. The lowest BCUT2D eigenvalue weighted by Crippen LogP contribution is -2.03. The van der Waals surface area contributed by atoms with Gasteiger partial charge in [-0.25, -0.2) is 4.39 Å². The summed E-state index contributed by atoms with van der Waals surface area (Å²) in [5.74, 6) is -0.171. The quantitative estimate of drug-likeness (QED) is 0.681. The van der Waals surface area contributed by atoms with Crippen LogP contribution in [0.2, 0.25) is 0 Å². The molecule has 1 N–H and O–H groups in total. The zero-order valence-electron chi connectivity index (χ0n) is 9.81. The van der Waals surface area contributed by atoms with Gasteiger partial charge in [0.25, 0.3) is 0 Å². The minimum atomic E-state index is -0.171. The van der Waals surface area contributed by atoms with Crippen molar-refractivity contribution in [1.29, 1.82) is 0 Å². The van der Waals surface area contributed by atoms with E-state index in [2.05, 4.69) is 43.8 Å². The van der Waals surface area contributed by atoms with E-state index in [-0.39, 0.29) is 5.82 Å². The highest BCUT2D eigenvalue weighted by Gasteiger charge is 2.04. The van der Waals surface area contributed by atoms with Crippen molar-refractivity contribution in [1.82, 2.24) is 0 Å². The Hall–Kier alpha value is -0.620. The Morgan fingerprint density at radius 2 is 2.00 bits per heavy atom. The highest BCUT2D eigenvalue weighted by molar-refractivity contribution is 14.1. The predicted molar refractivity (Wildman–Crippen MR) is 85.3 cm³/mol. The molecule has 0 aliphatic rings. The fourth-order valence-electron chi connectivity index (χ4n) is 1.66. The number of hydrogen-bond donors (Lipinski definition) is 1. The molecule has 94 valence electrons. The average molecular weight is 420 g/mol. The van der Waals surface area contributed by atoms with Crippen molar-refractivity contribution in [3.8, 4) is 0 Å². The van der Waals surface area contributed by atoms with Gasteiger partial charge in [-0.1, -0.05) is 17.7 Å². The second-order valence-electron chi connectivity index (χ2n) is 4.07. The molecule has 0 aliphatic heterocycles. The van der Waals surface area contributed by atoms with E-state index in [1.165, 1.54) is 6.07 Å². The number of aryl methyl sites for hydroxylation is 1. The first-order valence-corrected chi connectivity index (χ1v) is 7.37. The molecule has 0 radical (unpaired) electrons. The fourth-order valence-corrected chi connectivity index (χ4v) is 2.54. The van der Waals surface area contributed by atoms with Crippen LogP contribution in [0, 0.1) is 16.3 Å². The summed E-state index contributed by atoms with van der Waals surface area (Å²) in [6, 6.07) is 11.2. The first-order chi connectivity index (χ1) is 8.56. The number of halogens is 3. The summed E-state index contributed by atoms with van der Waals surface area (Å²) in [5, 5.41) is 3.25. The fraction of sp³-hybridized carbons (Fsp3) is 0.143. The predicted octanol–water partition coefficient (Wildman–Crippen LogP) is 5.11. The lowest BCUT2D eigenvalue weighted by Gasteiger charge is -2.10. The van der Waals surface area contributed by atoms with Gasteiger partial charge < -0.3 is 5.32 Å². The molecule has 1 nitrogen and oxygen atoms in total. The minimum Gasteiger partial charge on any atom is -0.380 e. The summed E-state index contributed by atoms with van der Waals surface area (Å²) in [6.07, 6.45) is 0. The summed E-state index contributed by atoms with van der Waals surface area (Å²) < 4.78 is 15.7. The molecular formula is C14H12BrFIN. The van der Waals surface area contributed by atoms with Gasteiger partial charge in [-0.3, -0.25) is 0 Å². The Morgan fingerprint density at radius 3 is 2.78 bits per heavy atom. The Morgan fingerprint density at radius 1 is 1.22 bits per heavy atom. The van der Waals surface area contributed by atoms with Crippen molar-refractivity contribution in [2.24, 2.45) is 0 Å². The molecule has 0 aromatic heterocycles. The first-order valence-electron chi connectivity index (χ1n) is 5.50. The number of nitrogens with one attached hydrogen (secondary N) is 1. The summed E-state index contributed by atoms with van der Waals surface area (Å²) in [7, 11) is 0. The maximum Gasteiger partial charge on any atom is 0.128 e. The molecule has 0 amide bonds. The monoisotopic (exact) mass is 419 g/mol. The second-order valence-corrected chi connectivity index (χ2v) is 6.17. The van der Waals surface area contributed by atoms with Gasteiger partial charge in [-0.2, -0.15) is 0 Å². The van der Waals surface area contributed by atoms with Crippen LogP contribution in [-0.4, -0.2) is 0 Å². The van der Waals surface area contributed by atoms with Crippen LogP contribution in [0.4, 0.5) is 10.1 Å². The van der Waals surface area contributed by atoms with Crippen molar-refractivity contribution in [2.75, 3.05) is 5.32 Å². The Kier molecular flexibility index (Phi) is 4.61. The Balaban J connectivity index is 2.16. The largest absolute Gasteiger partial charge is 0.380 e. The third-order valence-electron chi connectivity index (χ3n) is 2.60. The maximum absolute atomic E-state index is 13.6. The van der Waals surface area contributed by atoms with Gasteiger partial charge in [0.2, 0.25) is 0 Å². The maximum atomic E-state index is 13.6. The van der Waals surface area contributed by atoms with Crippen LogP contribution in [0.25, 0.3) is 0 Å². The van der Waals surface area contributed by atoms with Crippen molar-refractivity contribution in [2.45, 2.75) is 13.5 Å². The van der Waals surface area contributed by atoms with Crippen LogP contribution < -0.4 is 5.32 Å². The van der Waals surface area contributed by atoms with E-state index >= 15 is 0 Å². The van der Waals surface area contributed by atoms with Gasteiger partial charge in [-0.05, 0) is 69.7 Å². The highest BCUT2D eigenvalue weighted by Crippen LogP contribution is 2.25. The Labute approximate surface area is 128 Å². The molecule has 2 aromatic rings. The molecule has 0 heterocycles. The molecule has 0 aliphatic carbocycles. The molecular weight excluding hydrogens is 408 g/mol. The molecule has 4 heteroatoms. The van der Waals surface area contributed by atoms with Crippen LogP contribution in [0.1, 0.15) is 11.1 Å². The van der Waals surface area contributed by atoms with Gasteiger partial charge in [0, 0.05) is 25.8 Å². The van der Waals surface area contributed by atoms with Crippen LogP contribution in [-0.2, 0) is 6.54 Å². The number of hydrogen-bond acceptors (Lipinski definition) is 1. The van der Waals surface area contributed by atoms with E-state index in [4.69, 9.17) is 0 Å². The molecule has 0 spiro atoms. The zero-order chi connectivity index (χ0) is 13.1. The smallest absolute Gasteiger partial charge is 0.128 e. The standard InChI is InChI=1S/C14H12BrFIN/c1-9-2-5-13(16)10(6-9)8-18-14-7-11(17)3-4-12(14)15/h2-7,18H,8H2,1H3. The number of rotatable bonds is 3. The molecule has 18 heavy (non-hydrogen) atoms. The third-order valence-corrected chi connectivity index (χ3v) is 3.96. The van der Waals surface area contributed by atoms with Crippen LogP contribution in [0.3, 0.4) is 0 Å². The molecule has 0 saturated carbocycles. The second kappa shape index (κ2) is 6.02. The molecule has 2 aromatic carbocycles. The van der Waals surface area contributed by atoms with Crippen molar-refractivity contribution >= 4 is 44.2 Å². The van der Waals surface area contributed by atoms with Crippen molar-refractivity contribution in [3.05, 3.63) is 61.4 Å². The Bertz CT molecular complexity index is 520. The molecule has 0 unspecified atom stereocenters. The third kappa shape index (κ3) is 3.45. The summed E-state index contributed by atoms with van der Waals surface area (Å²) in [5.41, 5.74) is 2.72. The van der Waals surface area contributed by atoms with E-state index < -0.39 is 0 Å². The number of anilines is 1. The zero-order valence-corrected chi connectivity index (χ0v) is 13.5. The SMILES string of the molecule is Cc1ccc(F)c(CNc2cc(I)ccc2Br)c1. The van der Waals surface area contributed by atoms with Crippen molar-refractivity contribution in [3.63, 3.8) is 0 Å². The summed E-state index contributed by atoms with van der Waals surface area (Å²) in [6.45, 7) is 2.44. The van der Waals surface area contributed by atoms with Gasteiger partial charge in [-0.15, -0.1) is 0 Å². The lowest BCUT2D eigenvalue weighted by atomic mass is 10.1.